The first-order valence-corrected chi connectivity index (χ1v) is 5.01. The van der Waals surface area contributed by atoms with Gasteiger partial charge in [-0.3, -0.25) is 4.79 Å². The second-order valence-corrected chi connectivity index (χ2v) is 3.27. The molecule has 3 nitrogen and oxygen atoms in total. The van der Waals surface area contributed by atoms with E-state index in [4.69, 9.17) is 0 Å². The third-order valence-electron chi connectivity index (χ3n) is 2.11. The van der Waals surface area contributed by atoms with Crippen LogP contribution in [-0.2, 0) is 0 Å². The van der Waals surface area contributed by atoms with Crippen LogP contribution in [0.3, 0.4) is 0 Å². The molecular weight excluding hydrogens is 212 g/mol. The molecular formula is C14H14N2O. The van der Waals surface area contributed by atoms with E-state index in [1.165, 1.54) is 12.1 Å². The van der Waals surface area contributed by atoms with Crippen molar-refractivity contribution >= 4 is 11.1 Å². The van der Waals surface area contributed by atoms with Crippen LogP contribution in [0.15, 0.2) is 61.5 Å². The van der Waals surface area contributed by atoms with Crippen molar-refractivity contribution in [3.63, 3.8) is 0 Å². The molecule has 0 fully saturated rings. The Morgan fingerprint density at radius 1 is 1.29 bits per heavy atom. The van der Waals surface area contributed by atoms with E-state index in [2.05, 4.69) is 36.3 Å². The lowest BCUT2D eigenvalue weighted by atomic mass is 10.1. The molecule has 1 aromatic rings. The van der Waals surface area contributed by atoms with Crippen LogP contribution in [0.5, 0.6) is 0 Å². The van der Waals surface area contributed by atoms with Gasteiger partial charge in [0.15, 0.2) is 0 Å². The van der Waals surface area contributed by atoms with Crippen molar-refractivity contribution in [2.24, 2.45) is 0 Å². The summed E-state index contributed by atoms with van der Waals surface area (Å²) < 4.78 is 0. The lowest BCUT2D eigenvalue weighted by Crippen LogP contribution is -2.11. The minimum absolute atomic E-state index is 0.246. The first kappa shape index (κ1) is 12.6. The summed E-state index contributed by atoms with van der Waals surface area (Å²) in [6.45, 7) is 14.6. The van der Waals surface area contributed by atoms with E-state index in [1.54, 1.807) is 18.2 Å². The van der Waals surface area contributed by atoms with Crippen molar-refractivity contribution in [3.8, 4) is 0 Å². The third-order valence-corrected chi connectivity index (χ3v) is 2.11. The highest BCUT2D eigenvalue weighted by Gasteiger charge is 2.04. The van der Waals surface area contributed by atoms with E-state index < -0.39 is 0 Å². The molecule has 86 valence electrons. The average molecular weight is 226 g/mol. The Balaban J connectivity index is 3.40. The number of aromatic nitrogens is 2. The molecule has 0 atom stereocenters. The summed E-state index contributed by atoms with van der Waals surface area (Å²) in [5, 5.41) is 0. The van der Waals surface area contributed by atoms with Gasteiger partial charge < -0.3 is 4.98 Å². The smallest absolute Gasteiger partial charge is 0.251 e. The molecule has 17 heavy (non-hydrogen) atoms. The topological polar surface area (TPSA) is 45.8 Å². The molecule has 0 amide bonds. The number of rotatable bonds is 5. The summed E-state index contributed by atoms with van der Waals surface area (Å²) in [5.41, 5.74) is 1.57. The molecule has 0 radical (unpaired) electrons. The van der Waals surface area contributed by atoms with Crippen LogP contribution in [-0.4, -0.2) is 9.97 Å². The molecule has 1 N–H and O–H groups in total. The predicted molar refractivity (Wildman–Crippen MR) is 72.5 cm³/mol. The van der Waals surface area contributed by atoms with Gasteiger partial charge in [-0.15, -0.1) is 0 Å². The molecule has 1 aromatic heterocycles. The van der Waals surface area contributed by atoms with Crippen LogP contribution in [0, 0.1) is 0 Å². The van der Waals surface area contributed by atoms with Gasteiger partial charge in [-0.1, -0.05) is 50.6 Å². The molecule has 3 heteroatoms. The van der Waals surface area contributed by atoms with E-state index in [0.717, 1.165) is 5.57 Å². The molecule has 0 aliphatic heterocycles. The summed E-state index contributed by atoms with van der Waals surface area (Å²) in [5.74, 6) is 0.402. The summed E-state index contributed by atoms with van der Waals surface area (Å²) in [6, 6.07) is 1.40. The first-order valence-electron chi connectivity index (χ1n) is 5.01. The van der Waals surface area contributed by atoms with E-state index in [9.17, 15) is 4.79 Å². The average Bonchev–Trinajstić information content (AvgIpc) is 2.34. The number of nitrogens with one attached hydrogen (secondary N) is 1. The molecule has 0 saturated carbocycles. The van der Waals surface area contributed by atoms with Gasteiger partial charge in [0, 0.05) is 11.6 Å². The second-order valence-electron chi connectivity index (χ2n) is 3.27. The normalized spacial score (nSPS) is 10.7. The van der Waals surface area contributed by atoms with Crippen molar-refractivity contribution in [3.05, 3.63) is 78.6 Å². The number of hydrogen-bond acceptors (Lipinski definition) is 2. The van der Waals surface area contributed by atoms with E-state index in [0.29, 0.717) is 17.1 Å². The van der Waals surface area contributed by atoms with Crippen LogP contribution in [0.2, 0.25) is 0 Å². The Morgan fingerprint density at radius 3 is 2.53 bits per heavy atom. The number of allylic oxidation sites excluding steroid dienone is 6. The monoisotopic (exact) mass is 226 g/mol. The molecule has 0 aliphatic carbocycles. The number of hydrogen-bond donors (Lipinski definition) is 1. The highest BCUT2D eigenvalue weighted by atomic mass is 16.1. The second kappa shape index (κ2) is 5.61. The maximum atomic E-state index is 11.5. The van der Waals surface area contributed by atoms with E-state index in [1.807, 2.05) is 0 Å². The fraction of sp³-hybridized carbons (Fsp3) is 0. The minimum Gasteiger partial charge on any atom is -0.307 e. The summed E-state index contributed by atoms with van der Waals surface area (Å²) in [7, 11) is 0. The zero-order valence-corrected chi connectivity index (χ0v) is 9.57. The van der Waals surface area contributed by atoms with Crippen LogP contribution in [0.1, 0.15) is 11.5 Å². The number of nitrogens with zero attached hydrogens (tertiary/aromatic N) is 1. The van der Waals surface area contributed by atoms with Gasteiger partial charge in [-0.25, -0.2) is 4.98 Å². The Kier molecular flexibility index (Phi) is 4.17. The number of H-pyrrole nitrogens is 1. The van der Waals surface area contributed by atoms with Crippen molar-refractivity contribution in [2.45, 2.75) is 0 Å². The van der Waals surface area contributed by atoms with Crippen LogP contribution >= 0.6 is 0 Å². The minimum atomic E-state index is -0.246. The maximum absolute atomic E-state index is 11.5. The van der Waals surface area contributed by atoms with Gasteiger partial charge >= 0.3 is 0 Å². The Hall–Kier alpha value is -2.42. The first-order chi connectivity index (χ1) is 8.12. The zero-order valence-electron chi connectivity index (χ0n) is 9.57. The highest BCUT2D eigenvalue weighted by molar-refractivity contribution is 5.74. The fourth-order valence-corrected chi connectivity index (χ4v) is 1.24. The maximum Gasteiger partial charge on any atom is 0.251 e. The van der Waals surface area contributed by atoms with Gasteiger partial charge in [-0.05, 0) is 5.57 Å². The Bertz CT molecular complexity index is 562. The summed E-state index contributed by atoms with van der Waals surface area (Å²) in [6.07, 6.45) is 6.49. The quantitative estimate of drug-likeness (QED) is 0.784. The lowest BCUT2D eigenvalue weighted by molar-refractivity contribution is 1.06. The zero-order chi connectivity index (χ0) is 12.8. The SMILES string of the molecule is C=C/C=C(\C=C)c1cc(=O)[nH]c(C(=C)C=C)n1. The molecule has 1 heterocycles. The Labute approximate surface area is 100 Å². The molecule has 0 unspecified atom stereocenters. The number of aromatic amines is 1. The van der Waals surface area contributed by atoms with Crippen molar-refractivity contribution in [1.29, 1.82) is 0 Å². The lowest BCUT2D eigenvalue weighted by Gasteiger charge is -2.04. The van der Waals surface area contributed by atoms with Gasteiger partial charge in [0.05, 0.1) is 5.69 Å². The van der Waals surface area contributed by atoms with Crippen LogP contribution in [0.4, 0.5) is 0 Å². The van der Waals surface area contributed by atoms with E-state index in [-0.39, 0.29) is 5.56 Å². The van der Waals surface area contributed by atoms with Crippen molar-refractivity contribution in [1.82, 2.24) is 9.97 Å². The molecule has 0 aliphatic rings. The van der Waals surface area contributed by atoms with E-state index >= 15 is 0 Å². The summed E-state index contributed by atoms with van der Waals surface area (Å²) in [4.78, 5) is 18.4. The molecule has 0 aromatic carbocycles. The van der Waals surface area contributed by atoms with Crippen molar-refractivity contribution in [2.75, 3.05) is 0 Å². The molecule has 0 bridgehead atoms. The molecule has 0 saturated heterocycles. The van der Waals surface area contributed by atoms with Crippen molar-refractivity contribution < 1.29 is 0 Å². The predicted octanol–water partition coefficient (Wildman–Crippen LogP) is 2.72. The summed E-state index contributed by atoms with van der Waals surface area (Å²) >= 11 is 0. The van der Waals surface area contributed by atoms with Gasteiger partial charge in [0.1, 0.15) is 5.82 Å². The highest BCUT2D eigenvalue weighted by Crippen LogP contribution is 2.13. The van der Waals surface area contributed by atoms with Gasteiger partial charge in [-0.2, -0.15) is 0 Å². The largest absolute Gasteiger partial charge is 0.307 e. The van der Waals surface area contributed by atoms with Crippen LogP contribution in [0.25, 0.3) is 11.1 Å². The third kappa shape index (κ3) is 3.01. The standard InChI is InChI=1S/C14H14N2O/c1-5-8-11(7-3)12-9-13(17)16-14(15-12)10(4)6-2/h5-9H,1-4H2,(H,15,16,17)/b11-8+. The fourth-order valence-electron chi connectivity index (χ4n) is 1.24. The molecule has 0 spiro atoms. The van der Waals surface area contributed by atoms with Crippen LogP contribution < -0.4 is 5.56 Å². The van der Waals surface area contributed by atoms with Gasteiger partial charge in [0.2, 0.25) is 0 Å². The Morgan fingerprint density at radius 2 is 2.00 bits per heavy atom. The molecule has 1 rings (SSSR count). The van der Waals surface area contributed by atoms with Gasteiger partial charge in [0.25, 0.3) is 5.56 Å².